The van der Waals surface area contributed by atoms with E-state index in [9.17, 15) is 9.59 Å². The Hall–Kier alpha value is -3.21. The molecule has 120 valence electrons. The molecule has 0 unspecified atom stereocenters. The quantitative estimate of drug-likeness (QED) is 0.674. The summed E-state index contributed by atoms with van der Waals surface area (Å²) in [7, 11) is 0. The number of hydrogen-bond acceptors (Lipinski definition) is 5. The maximum Gasteiger partial charge on any atom is 0.199 e. The van der Waals surface area contributed by atoms with E-state index in [1.165, 1.54) is 6.26 Å². The van der Waals surface area contributed by atoms with Gasteiger partial charge in [0.15, 0.2) is 17.3 Å². The molecule has 0 aliphatic heterocycles. The lowest BCUT2D eigenvalue weighted by molar-refractivity contribution is 0.0959. The van der Waals surface area contributed by atoms with Gasteiger partial charge in [-0.15, -0.1) is 0 Å². The molecule has 0 radical (unpaired) electrons. The van der Waals surface area contributed by atoms with Crippen molar-refractivity contribution < 1.29 is 14.0 Å². The van der Waals surface area contributed by atoms with Crippen LogP contribution >= 0.6 is 0 Å². The Morgan fingerprint density at radius 1 is 0.958 bits per heavy atom. The number of anilines is 1. The summed E-state index contributed by atoms with van der Waals surface area (Å²) in [5.41, 5.74) is 2.07. The molecule has 0 spiro atoms. The van der Waals surface area contributed by atoms with Crippen LogP contribution in [0.5, 0.6) is 0 Å². The highest BCUT2D eigenvalue weighted by Gasteiger charge is 2.09. The van der Waals surface area contributed by atoms with Crippen molar-refractivity contribution in [2.75, 3.05) is 11.9 Å². The van der Waals surface area contributed by atoms with Crippen LogP contribution in [0.3, 0.4) is 0 Å². The van der Waals surface area contributed by atoms with E-state index in [4.69, 9.17) is 4.42 Å². The Balaban J connectivity index is 1.55. The molecular weight excluding hydrogens is 304 g/mol. The molecule has 0 fully saturated rings. The zero-order valence-electron chi connectivity index (χ0n) is 12.9. The van der Waals surface area contributed by atoms with Gasteiger partial charge in [0, 0.05) is 42.2 Å². The minimum Gasteiger partial charge on any atom is -0.461 e. The first-order chi connectivity index (χ1) is 11.7. The van der Waals surface area contributed by atoms with Crippen LogP contribution in [0.4, 0.5) is 5.69 Å². The summed E-state index contributed by atoms with van der Waals surface area (Å²) in [4.78, 5) is 28.0. The van der Waals surface area contributed by atoms with Gasteiger partial charge in [0.05, 0.1) is 6.26 Å². The van der Waals surface area contributed by atoms with Gasteiger partial charge in [-0.2, -0.15) is 0 Å². The second kappa shape index (κ2) is 7.37. The predicted molar refractivity (Wildman–Crippen MR) is 90.3 cm³/mol. The van der Waals surface area contributed by atoms with Gasteiger partial charge >= 0.3 is 0 Å². The Bertz CT molecular complexity index is 810. The number of ketones is 2. The third-order valence-corrected chi connectivity index (χ3v) is 3.57. The third-order valence-electron chi connectivity index (χ3n) is 3.57. The minimum absolute atomic E-state index is 0.0445. The van der Waals surface area contributed by atoms with Gasteiger partial charge in [-0.1, -0.05) is 0 Å². The fourth-order valence-electron chi connectivity index (χ4n) is 2.29. The number of rotatable bonds is 7. The Labute approximate surface area is 139 Å². The molecule has 3 aromatic rings. The second-order valence-corrected chi connectivity index (χ2v) is 5.22. The van der Waals surface area contributed by atoms with Crippen LogP contribution < -0.4 is 5.32 Å². The van der Waals surface area contributed by atoms with Gasteiger partial charge in [-0.3, -0.25) is 14.6 Å². The molecular formula is C19H16N2O3. The summed E-state index contributed by atoms with van der Waals surface area (Å²) in [5, 5.41) is 3.16. The number of nitrogens with zero attached hydrogens (tertiary/aromatic N) is 1. The third kappa shape index (κ3) is 3.76. The Morgan fingerprint density at radius 3 is 2.33 bits per heavy atom. The molecule has 0 saturated carbocycles. The standard InChI is InChI=1S/C19H16N2O3/c22-17(18-2-1-13-24-18)9-12-21-16-5-3-14(4-6-16)19(23)15-7-10-20-11-8-15/h1-8,10-11,13,21H,9,12H2. The molecule has 24 heavy (non-hydrogen) atoms. The van der Waals surface area contributed by atoms with Crippen molar-refractivity contribution in [3.8, 4) is 0 Å². The highest BCUT2D eigenvalue weighted by Crippen LogP contribution is 2.14. The smallest absolute Gasteiger partial charge is 0.199 e. The monoisotopic (exact) mass is 320 g/mol. The minimum atomic E-state index is -0.0445. The molecule has 0 atom stereocenters. The van der Waals surface area contributed by atoms with Gasteiger partial charge in [0.1, 0.15) is 0 Å². The molecule has 1 N–H and O–H groups in total. The fourth-order valence-corrected chi connectivity index (χ4v) is 2.29. The fraction of sp³-hybridized carbons (Fsp3) is 0.105. The number of pyridine rings is 1. The van der Waals surface area contributed by atoms with E-state index in [1.54, 1.807) is 48.8 Å². The summed E-state index contributed by atoms with van der Waals surface area (Å²) >= 11 is 0. The average molecular weight is 320 g/mol. The summed E-state index contributed by atoms with van der Waals surface area (Å²) in [6, 6.07) is 13.9. The number of aromatic nitrogens is 1. The highest BCUT2D eigenvalue weighted by molar-refractivity contribution is 6.09. The van der Waals surface area contributed by atoms with Gasteiger partial charge in [-0.05, 0) is 48.5 Å². The van der Waals surface area contributed by atoms with Crippen molar-refractivity contribution >= 4 is 17.3 Å². The molecule has 2 aromatic heterocycles. The lowest BCUT2D eigenvalue weighted by atomic mass is 10.0. The van der Waals surface area contributed by atoms with Crippen LogP contribution in [0.15, 0.2) is 71.6 Å². The molecule has 0 aliphatic carbocycles. The van der Waals surface area contributed by atoms with Crippen molar-refractivity contribution in [1.29, 1.82) is 0 Å². The molecule has 5 nitrogen and oxygen atoms in total. The molecule has 2 heterocycles. The van der Waals surface area contributed by atoms with Gasteiger partial charge in [0.25, 0.3) is 0 Å². The van der Waals surface area contributed by atoms with Crippen LogP contribution in [0.1, 0.15) is 32.9 Å². The van der Waals surface area contributed by atoms with E-state index in [2.05, 4.69) is 10.3 Å². The topological polar surface area (TPSA) is 72.2 Å². The molecule has 0 aliphatic rings. The number of hydrogen-bond donors (Lipinski definition) is 1. The number of carbonyl (C=O) groups is 2. The van der Waals surface area contributed by atoms with E-state index < -0.39 is 0 Å². The molecule has 0 amide bonds. The summed E-state index contributed by atoms with van der Waals surface area (Å²) < 4.78 is 5.06. The number of nitrogens with one attached hydrogen (secondary N) is 1. The molecule has 0 saturated heterocycles. The SMILES string of the molecule is O=C(c1ccncc1)c1ccc(NCCC(=O)c2ccco2)cc1. The van der Waals surface area contributed by atoms with Crippen LogP contribution in [-0.4, -0.2) is 23.1 Å². The lowest BCUT2D eigenvalue weighted by Gasteiger charge is -2.06. The second-order valence-electron chi connectivity index (χ2n) is 5.22. The van der Waals surface area contributed by atoms with E-state index in [0.29, 0.717) is 29.9 Å². The van der Waals surface area contributed by atoms with Crippen LogP contribution in [-0.2, 0) is 0 Å². The first-order valence-corrected chi connectivity index (χ1v) is 7.59. The summed E-state index contributed by atoms with van der Waals surface area (Å²) in [6.07, 6.45) is 5.02. The van der Waals surface area contributed by atoms with Crippen molar-refractivity contribution in [3.63, 3.8) is 0 Å². The molecule has 1 aromatic carbocycles. The van der Waals surface area contributed by atoms with E-state index in [1.807, 2.05) is 12.1 Å². The predicted octanol–water partition coefficient (Wildman–Crippen LogP) is 3.59. The van der Waals surface area contributed by atoms with Crippen molar-refractivity contribution in [3.05, 3.63) is 84.1 Å². The normalized spacial score (nSPS) is 10.3. The Kier molecular flexibility index (Phi) is 4.81. The zero-order chi connectivity index (χ0) is 16.8. The first kappa shape index (κ1) is 15.7. The van der Waals surface area contributed by atoms with E-state index in [-0.39, 0.29) is 11.6 Å². The Morgan fingerprint density at radius 2 is 1.67 bits per heavy atom. The summed E-state index contributed by atoms with van der Waals surface area (Å²) in [6.45, 7) is 0.497. The van der Waals surface area contributed by atoms with Crippen molar-refractivity contribution in [2.45, 2.75) is 6.42 Å². The van der Waals surface area contributed by atoms with E-state index in [0.717, 1.165) is 5.69 Å². The molecule has 3 rings (SSSR count). The number of benzene rings is 1. The van der Waals surface area contributed by atoms with Crippen molar-refractivity contribution in [1.82, 2.24) is 4.98 Å². The first-order valence-electron chi connectivity index (χ1n) is 7.59. The summed E-state index contributed by atoms with van der Waals surface area (Å²) in [5.74, 6) is 0.282. The maximum absolute atomic E-state index is 12.3. The van der Waals surface area contributed by atoms with Gasteiger partial charge < -0.3 is 9.73 Å². The maximum atomic E-state index is 12.3. The van der Waals surface area contributed by atoms with Gasteiger partial charge in [0.2, 0.25) is 0 Å². The van der Waals surface area contributed by atoms with Crippen LogP contribution in [0, 0.1) is 0 Å². The zero-order valence-corrected chi connectivity index (χ0v) is 12.9. The number of furan rings is 1. The van der Waals surface area contributed by atoms with E-state index >= 15 is 0 Å². The average Bonchev–Trinajstić information content (AvgIpc) is 3.17. The van der Waals surface area contributed by atoms with Crippen LogP contribution in [0.25, 0.3) is 0 Å². The van der Waals surface area contributed by atoms with Crippen molar-refractivity contribution in [2.24, 2.45) is 0 Å². The molecule has 5 heteroatoms. The largest absolute Gasteiger partial charge is 0.461 e. The number of carbonyl (C=O) groups excluding carboxylic acids is 2. The molecule has 0 bridgehead atoms. The highest BCUT2D eigenvalue weighted by atomic mass is 16.3. The number of Topliss-reactive ketones (excluding diaryl/α,β-unsaturated/α-hetero) is 1. The lowest BCUT2D eigenvalue weighted by Crippen LogP contribution is -2.08. The van der Waals surface area contributed by atoms with Gasteiger partial charge in [-0.25, -0.2) is 0 Å². The van der Waals surface area contributed by atoms with Crippen LogP contribution in [0.2, 0.25) is 0 Å².